The fourth-order valence-electron chi connectivity index (χ4n) is 2.78. The maximum Gasteiger partial charge on any atom is 0.326 e. The predicted molar refractivity (Wildman–Crippen MR) is 69.7 cm³/mol. The molecule has 6 heteroatoms. The van der Waals surface area contributed by atoms with Gasteiger partial charge in [-0.2, -0.15) is 0 Å². The lowest BCUT2D eigenvalue weighted by molar-refractivity contribution is -0.148. The van der Waals surface area contributed by atoms with Gasteiger partial charge in [0, 0.05) is 12.7 Å². The number of nitrogens with zero attached hydrogens (tertiary/aromatic N) is 2. The Morgan fingerprint density at radius 2 is 2.20 bits per heavy atom. The van der Waals surface area contributed by atoms with Crippen molar-refractivity contribution in [3.05, 3.63) is 29.8 Å². The standard InChI is InChI=1S/C14H17FN2O3/c1-14(2)5-3-7-17(11(14)13(19)20)12(18)9-4-6-16-8-10(9)15/h4,6,8,11H,3,5,7H2,1-2H3,(H,19,20). The summed E-state index contributed by atoms with van der Waals surface area (Å²) in [4.78, 5) is 28.8. The zero-order chi connectivity index (χ0) is 14.9. The van der Waals surface area contributed by atoms with Gasteiger partial charge in [-0.05, 0) is 24.3 Å². The second kappa shape index (κ2) is 5.19. The minimum atomic E-state index is -1.06. The topological polar surface area (TPSA) is 70.5 Å². The van der Waals surface area contributed by atoms with E-state index in [0.29, 0.717) is 19.4 Å². The molecule has 0 saturated carbocycles. The number of hydrogen-bond acceptors (Lipinski definition) is 3. The Labute approximate surface area is 116 Å². The number of carboxylic acid groups (broad SMARTS) is 1. The number of carbonyl (C=O) groups excluding carboxylic acids is 1. The van der Waals surface area contributed by atoms with E-state index in [9.17, 15) is 19.1 Å². The molecule has 1 atom stereocenters. The zero-order valence-electron chi connectivity index (χ0n) is 11.5. The van der Waals surface area contributed by atoms with Crippen LogP contribution in [0.1, 0.15) is 37.0 Å². The Bertz CT molecular complexity index is 545. The molecule has 1 aromatic rings. The maximum atomic E-state index is 13.7. The highest BCUT2D eigenvalue weighted by atomic mass is 19.1. The number of amides is 1. The van der Waals surface area contributed by atoms with E-state index in [1.54, 1.807) is 0 Å². The van der Waals surface area contributed by atoms with Crippen LogP contribution in [0.4, 0.5) is 4.39 Å². The molecule has 0 radical (unpaired) electrons. The van der Waals surface area contributed by atoms with Gasteiger partial charge in [0.05, 0.1) is 11.8 Å². The molecular weight excluding hydrogens is 263 g/mol. The van der Waals surface area contributed by atoms with Crippen molar-refractivity contribution in [2.45, 2.75) is 32.7 Å². The third-order valence-corrected chi connectivity index (χ3v) is 3.77. The quantitative estimate of drug-likeness (QED) is 0.898. The molecular formula is C14H17FN2O3. The summed E-state index contributed by atoms with van der Waals surface area (Å²) < 4.78 is 13.7. The van der Waals surface area contributed by atoms with E-state index in [0.717, 1.165) is 6.20 Å². The average molecular weight is 280 g/mol. The predicted octanol–water partition coefficient (Wildman–Crippen LogP) is 1.94. The SMILES string of the molecule is CC1(C)CCCN(C(=O)c2ccncc2F)C1C(=O)O. The van der Waals surface area contributed by atoms with Crippen LogP contribution in [0.3, 0.4) is 0 Å². The second-order valence-corrected chi connectivity index (χ2v) is 5.69. The molecule has 108 valence electrons. The molecule has 1 unspecified atom stereocenters. The van der Waals surface area contributed by atoms with Gasteiger partial charge in [0.2, 0.25) is 0 Å². The van der Waals surface area contributed by atoms with Crippen LogP contribution in [0.2, 0.25) is 0 Å². The van der Waals surface area contributed by atoms with Crippen molar-refractivity contribution in [1.29, 1.82) is 0 Å². The minimum absolute atomic E-state index is 0.135. The van der Waals surface area contributed by atoms with Crippen LogP contribution >= 0.6 is 0 Å². The molecule has 2 heterocycles. The van der Waals surface area contributed by atoms with E-state index >= 15 is 0 Å². The normalized spacial score (nSPS) is 21.6. The largest absolute Gasteiger partial charge is 0.480 e. The number of carbonyl (C=O) groups is 2. The fraction of sp³-hybridized carbons (Fsp3) is 0.500. The summed E-state index contributed by atoms with van der Waals surface area (Å²) >= 11 is 0. The van der Waals surface area contributed by atoms with Gasteiger partial charge in [0.25, 0.3) is 5.91 Å². The lowest BCUT2D eigenvalue weighted by Crippen LogP contribution is -2.56. The van der Waals surface area contributed by atoms with Crippen molar-refractivity contribution in [3.8, 4) is 0 Å². The van der Waals surface area contributed by atoms with E-state index in [-0.39, 0.29) is 5.56 Å². The lowest BCUT2D eigenvalue weighted by Gasteiger charge is -2.44. The number of aromatic nitrogens is 1. The van der Waals surface area contributed by atoms with Gasteiger partial charge in [0.1, 0.15) is 6.04 Å². The Balaban J connectivity index is 2.37. The highest BCUT2D eigenvalue weighted by molar-refractivity contribution is 5.97. The van der Waals surface area contributed by atoms with Gasteiger partial charge in [-0.3, -0.25) is 9.78 Å². The third-order valence-electron chi connectivity index (χ3n) is 3.77. The van der Waals surface area contributed by atoms with Crippen LogP contribution in [-0.2, 0) is 4.79 Å². The van der Waals surface area contributed by atoms with Crippen molar-refractivity contribution >= 4 is 11.9 Å². The molecule has 1 aliphatic rings. The smallest absolute Gasteiger partial charge is 0.326 e. The molecule has 1 aromatic heterocycles. The average Bonchev–Trinajstić information content (AvgIpc) is 2.36. The molecule has 0 spiro atoms. The number of aliphatic carboxylic acids is 1. The highest BCUT2D eigenvalue weighted by Crippen LogP contribution is 2.36. The Morgan fingerprint density at radius 1 is 1.50 bits per heavy atom. The summed E-state index contributed by atoms with van der Waals surface area (Å²) in [6.07, 6.45) is 3.70. The Morgan fingerprint density at radius 3 is 2.80 bits per heavy atom. The van der Waals surface area contributed by atoms with Crippen LogP contribution in [0.15, 0.2) is 18.5 Å². The molecule has 1 fully saturated rings. The summed E-state index contributed by atoms with van der Waals surface area (Å²) in [6.45, 7) is 3.95. The van der Waals surface area contributed by atoms with Crippen LogP contribution in [-0.4, -0.2) is 39.5 Å². The second-order valence-electron chi connectivity index (χ2n) is 5.69. The van der Waals surface area contributed by atoms with Gasteiger partial charge >= 0.3 is 5.97 Å². The van der Waals surface area contributed by atoms with Gasteiger partial charge in [0.15, 0.2) is 5.82 Å². The van der Waals surface area contributed by atoms with Crippen molar-refractivity contribution < 1.29 is 19.1 Å². The zero-order valence-corrected chi connectivity index (χ0v) is 11.5. The number of hydrogen-bond donors (Lipinski definition) is 1. The van der Waals surface area contributed by atoms with E-state index < -0.39 is 29.2 Å². The first-order chi connectivity index (χ1) is 9.34. The molecule has 0 aromatic carbocycles. The van der Waals surface area contributed by atoms with Crippen molar-refractivity contribution in [1.82, 2.24) is 9.88 Å². The summed E-state index contributed by atoms with van der Waals surface area (Å²) in [6, 6.07) is 0.328. The molecule has 0 bridgehead atoms. The number of pyridine rings is 1. The highest BCUT2D eigenvalue weighted by Gasteiger charge is 2.45. The molecule has 2 rings (SSSR count). The molecule has 5 nitrogen and oxygen atoms in total. The lowest BCUT2D eigenvalue weighted by atomic mass is 9.76. The van der Waals surface area contributed by atoms with Crippen LogP contribution in [0.25, 0.3) is 0 Å². The summed E-state index contributed by atoms with van der Waals surface area (Å²) in [7, 11) is 0. The number of likely N-dealkylation sites (tertiary alicyclic amines) is 1. The van der Waals surface area contributed by atoms with Gasteiger partial charge in [-0.25, -0.2) is 9.18 Å². The van der Waals surface area contributed by atoms with Crippen LogP contribution < -0.4 is 0 Å². The maximum absolute atomic E-state index is 13.7. The van der Waals surface area contributed by atoms with Crippen molar-refractivity contribution in [3.63, 3.8) is 0 Å². The van der Waals surface area contributed by atoms with E-state index in [4.69, 9.17) is 0 Å². The van der Waals surface area contributed by atoms with Gasteiger partial charge in [-0.15, -0.1) is 0 Å². The first kappa shape index (κ1) is 14.4. The fourth-order valence-corrected chi connectivity index (χ4v) is 2.78. The molecule has 1 saturated heterocycles. The molecule has 1 aliphatic heterocycles. The van der Waals surface area contributed by atoms with Crippen molar-refractivity contribution in [2.75, 3.05) is 6.54 Å². The van der Waals surface area contributed by atoms with Gasteiger partial charge < -0.3 is 10.0 Å². The minimum Gasteiger partial charge on any atom is -0.480 e. The third kappa shape index (κ3) is 2.50. The number of halogens is 1. The van der Waals surface area contributed by atoms with Crippen LogP contribution in [0.5, 0.6) is 0 Å². The number of carboxylic acids is 1. The Kier molecular flexibility index (Phi) is 3.74. The summed E-state index contributed by atoms with van der Waals surface area (Å²) in [5, 5.41) is 9.41. The van der Waals surface area contributed by atoms with Crippen molar-refractivity contribution in [2.24, 2.45) is 5.41 Å². The molecule has 1 amide bonds. The molecule has 0 aliphatic carbocycles. The number of piperidine rings is 1. The van der Waals surface area contributed by atoms with Gasteiger partial charge in [-0.1, -0.05) is 13.8 Å². The molecule has 20 heavy (non-hydrogen) atoms. The van der Waals surface area contributed by atoms with E-state index in [2.05, 4.69) is 4.98 Å². The summed E-state index contributed by atoms with van der Waals surface area (Å²) in [5.41, 5.74) is -0.674. The Hall–Kier alpha value is -1.98. The van der Waals surface area contributed by atoms with Crippen LogP contribution in [0, 0.1) is 11.2 Å². The molecule has 1 N–H and O–H groups in total. The summed E-state index contributed by atoms with van der Waals surface area (Å²) in [5.74, 6) is -2.38. The van der Waals surface area contributed by atoms with E-state index in [1.165, 1.54) is 17.2 Å². The number of rotatable bonds is 2. The first-order valence-corrected chi connectivity index (χ1v) is 6.48. The van der Waals surface area contributed by atoms with E-state index in [1.807, 2.05) is 13.8 Å². The first-order valence-electron chi connectivity index (χ1n) is 6.48. The monoisotopic (exact) mass is 280 g/mol.